The van der Waals surface area contributed by atoms with Crippen molar-refractivity contribution in [3.63, 3.8) is 0 Å². The Bertz CT molecular complexity index is 1230. The normalized spacial score (nSPS) is 17.3. The smallest absolute Gasteiger partial charge is 0.409 e. The lowest BCUT2D eigenvalue weighted by Gasteiger charge is -2.32. The first-order chi connectivity index (χ1) is 16.2. The van der Waals surface area contributed by atoms with Gasteiger partial charge in [-0.15, -0.1) is 0 Å². The molecule has 1 saturated heterocycles. The number of carbonyl (C=O) groups excluding carboxylic acids is 1. The van der Waals surface area contributed by atoms with Crippen LogP contribution in [0.3, 0.4) is 0 Å². The number of fused-ring (bicyclic) bond motifs is 1. The predicted molar refractivity (Wildman–Crippen MR) is 117 cm³/mol. The highest BCUT2D eigenvalue weighted by Gasteiger charge is 2.31. The molecule has 1 fully saturated rings. The van der Waals surface area contributed by atoms with E-state index in [9.17, 15) is 14.3 Å². The number of hydrogen-bond acceptors (Lipinski definition) is 6. The van der Waals surface area contributed by atoms with Crippen LogP contribution in [0.4, 0.5) is 18.0 Å². The fourth-order valence-corrected chi connectivity index (χ4v) is 4.13. The zero-order valence-corrected chi connectivity index (χ0v) is 18.9. The molecule has 182 valence electrons. The van der Waals surface area contributed by atoms with E-state index in [2.05, 4.69) is 10.3 Å². The molecule has 1 aromatic carbocycles. The summed E-state index contributed by atoms with van der Waals surface area (Å²) >= 11 is 0. The molecule has 11 heteroatoms. The van der Waals surface area contributed by atoms with E-state index in [0.29, 0.717) is 17.9 Å². The van der Waals surface area contributed by atoms with Gasteiger partial charge in [0.25, 0.3) is 0 Å². The first-order valence-electron chi connectivity index (χ1n) is 10.7. The van der Waals surface area contributed by atoms with Crippen LogP contribution in [0.25, 0.3) is 16.9 Å². The van der Waals surface area contributed by atoms with Crippen LogP contribution in [0, 0.1) is 24.4 Å². The Morgan fingerprint density at radius 3 is 2.82 bits per heavy atom. The number of nitrogens with zero attached hydrogens (tertiary/aromatic N) is 3. The Balaban J connectivity index is 1.82. The van der Waals surface area contributed by atoms with Gasteiger partial charge in [-0.2, -0.15) is 0 Å². The van der Waals surface area contributed by atoms with E-state index in [1.807, 2.05) is 13.0 Å². The Morgan fingerprint density at radius 2 is 2.12 bits per heavy atom. The number of rotatable bonds is 5. The topological polar surface area (TPSA) is 88.3 Å². The molecule has 1 amide bonds. The van der Waals surface area contributed by atoms with E-state index in [1.54, 1.807) is 16.7 Å². The Morgan fingerprint density at radius 1 is 1.35 bits per heavy atom. The third-order valence-electron chi connectivity index (χ3n) is 5.86. The highest BCUT2D eigenvalue weighted by Crippen LogP contribution is 2.34. The number of pyridine rings is 1. The van der Waals surface area contributed by atoms with Gasteiger partial charge in [0.2, 0.25) is 0 Å². The van der Waals surface area contributed by atoms with Crippen LogP contribution in [0.15, 0.2) is 24.4 Å². The minimum Gasteiger partial charge on any atom is -0.453 e. The molecule has 3 heterocycles. The molecule has 2 atom stereocenters. The summed E-state index contributed by atoms with van der Waals surface area (Å²) in [5.74, 6) is -3.89. The van der Waals surface area contributed by atoms with Crippen molar-refractivity contribution in [3.8, 4) is 11.3 Å². The summed E-state index contributed by atoms with van der Waals surface area (Å²) in [6.45, 7) is 2.67. The molecule has 0 bridgehead atoms. The number of aromatic nitrogens is 2. The van der Waals surface area contributed by atoms with Gasteiger partial charge in [0.05, 0.1) is 43.3 Å². The van der Waals surface area contributed by atoms with Gasteiger partial charge in [0.15, 0.2) is 11.6 Å². The highest BCUT2D eigenvalue weighted by atomic mass is 19.2. The van der Waals surface area contributed by atoms with Crippen molar-refractivity contribution in [2.45, 2.75) is 25.7 Å². The molecular formula is C23H25F3N4O4. The maximum Gasteiger partial charge on any atom is 0.409 e. The molecule has 2 aromatic heterocycles. The quantitative estimate of drug-likeness (QED) is 0.433. The molecule has 1 aliphatic heterocycles. The predicted octanol–water partition coefficient (Wildman–Crippen LogP) is 2.95. The zero-order valence-electron chi connectivity index (χ0n) is 18.9. The summed E-state index contributed by atoms with van der Waals surface area (Å²) < 4.78 is 57.4. The summed E-state index contributed by atoms with van der Waals surface area (Å²) in [5, 5.41) is 12.2. The van der Waals surface area contributed by atoms with Gasteiger partial charge < -0.3 is 23.9 Å². The Labute approximate surface area is 193 Å². The zero-order chi connectivity index (χ0) is 24.6. The monoisotopic (exact) mass is 478 g/mol. The lowest BCUT2D eigenvalue weighted by Crippen LogP contribution is -2.46. The second kappa shape index (κ2) is 9.61. The summed E-state index contributed by atoms with van der Waals surface area (Å²) in [6, 6.07) is 4.30. The number of nitrogens with one attached hydrogen (secondary N) is 1. The summed E-state index contributed by atoms with van der Waals surface area (Å²) in [6.07, 6.45) is -0.729. The molecule has 0 aliphatic carbocycles. The summed E-state index contributed by atoms with van der Waals surface area (Å²) in [4.78, 5) is 17.9. The van der Waals surface area contributed by atoms with Crippen molar-refractivity contribution in [3.05, 3.63) is 58.7 Å². The molecule has 0 radical (unpaired) electrons. The summed E-state index contributed by atoms with van der Waals surface area (Å²) in [7, 11) is 2.62. The van der Waals surface area contributed by atoms with Crippen LogP contribution in [0.2, 0.25) is 0 Å². The van der Waals surface area contributed by atoms with Crippen LogP contribution >= 0.6 is 0 Å². The fourth-order valence-electron chi connectivity index (χ4n) is 4.13. The van der Waals surface area contributed by atoms with Crippen LogP contribution < -0.4 is 5.32 Å². The molecule has 2 N–H and O–H groups in total. The van der Waals surface area contributed by atoms with E-state index in [0.717, 1.165) is 11.6 Å². The van der Waals surface area contributed by atoms with Crippen molar-refractivity contribution >= 4 is 11.7 Å². The Hall–Kier alpha value is -3.15. The number of aliphatic hydroxyl groups is 1. The van der Waals surface area contributed by atoms with Crippen LogP contribution in [0.1, 0.15) is 23.0 Å². The molecule has 0 saturated carbocycles. The molecule has 34 heavy (non-hydrogen) atoms. The average molecular weight is 478 g/mol. The number of aryl methyl sites for hydroxylation is 1. The van der Waals surface area contributed by atoms with Gasteiger partial charge in [0.1, 0.15) is 17.7 Å². The van der Waals surface area contributed by atoms with Crippen molar-refractivity contribution in [1.29, 1.82) is 0 Å². The van der Waals surface area contributed by atoms with E-state index >= 15 is 8.78 Å². The van der Waals surface area contributed by atoms with E-state index in [-0.39, 0.29) is 25.3 Å². The maximum atomic E-state index is 15.2. The van der Waals surface area contributed by atoms with Crippen molar-refractivity contribution in [2.75, 3.05) is 33.9 Å². The van der Waals surface area contributed by atoms with E-state index in [4.69, 9.17) is 9.47 Å². The average Bonchev–Trinajstić information content (AvgIpc) is 3.17. The van der Waals surface area contributed by atoms with Crippen LogP contribution in [0.5, 0.6) is 0 Å². The second-order valence-corrected chi connectivity index (χ2v) is 8.09. The van der Waals surface area contributed by atoms with Gasteiger partial charge in [-0.1, -0.05) is 0 Å². The number of halogens is 3. The molecule has 0 spiro atoms. The number of amides is 1. The van der Waals surface area contributed by atoms with Gasteiger partial charge in [-0.3, -0.25) is 5.32 Å². The molecular weight excluding hydrogens is 453 g/mol. The van der Waals surface area contributed by atoms with Gasteiger partial charge in [-0.05, 0) is 37.7 Å². The minimum atomic E-state index is -1.58. The third kappa shape index (κ3) is 4.33. The number of benzene rings is 1. The largest absolute Gasteiger partial charge is 0.453 e. The number of ether oxygens (including phenoxy) is 2. The van der Waals surface area contributed by atoms with Gasteiger partial charge >= 0.3 is 6.09 Å². The van der Waals surface area contributed by atoms with Gasteiger partial charge in [0, 0.05) is 24.7 Å². The number of methoxy groups -OCH3 is 1. The van der Waals surface area contributed by atoms with Gasteiger partial charge in [-0.25, -0.2) is 22.9 Å². The Kier molecular flexibility index (Phi) is 6.78. The SMILES string of the molecule is CNC(O)c1cc(F)c(-c2nc3cc(C)ccn3c2C[C@H]2CN(C(=O)OC)CCO2)c(F)c1F. The molecule has 3 aromatic rings. The number of morpholine rings is 1. The highest BCUT2D eigenvalue weighted by molar-refractivity contribution is 5.69. The number of aliphatic hydroxyl groups excluding tert-OH is 1. The van der Waals surface area contributed by atoms with E-state index < -0.39 is 47.0 Å². The standard InChI is InChI=1S/C23H25F3N4O4/c1-12-4-5-30-16(9-13-11-29(6-7-34-13)23(32)33-3)21(28-17(30)8-12)18-15(24)10-14(22(31)27-2)19(25)20(18)26/h4-5,8,10,13,22,27,31H,6-7,9,11H2,1-3H3/t13-,22?/m0/s1. The molecule has 8 nitrogen and oxygen atoms in total. The number of hydrogen-bond donors (Lipinski definition) is 2. The van der Waals surface area contributed by atoms with Crippen molar-refractivity contribution in [1.82, 2.24) is 19.6 Å². The fraction of sp³-hybridized carbons (Fsp3) is 0.391. The maximum absolute atomic E-state index is 15.2. The molecule has 4 rings (SSSR count). The van der Waals surface area contributed by atoms with Crippen molar-refractivity contribution < 1.29 is 32.5 Å². The number of carbonyl (C=O) groups is 1. The van der Waals surface area contributed by atoms with E-state index in [1.165, 1.54) is 19.1 Å². The third-order valence-corrected chi connectivity index (χ3v) is 5.86. The molecule has 1 unspecified atom stereocenters. The molecule has 1 aliphatic rings. The lowest BCUT2D eigenvalue weighted by atomic mass is 10.0. The lowest BCUT2D eigenvalue weighted by molar-refractivity contribution is -0.0241. The van der Waals surface area contributed by atoms with Crippen LogP contribution in [-0.2, 0) is 15.9 Å². The van der Waals surface area contributed by atoms with Crippen molar-refractivity contribution in [2.24, 2.45) is 0 Å². The summed E-state index contributed by atoms with van der Waals surface area (Å²) in [5.41, 5.74) is 0.424. The van der Waals surface area contributed by atoms with Crippen LogP contribution in [-0.4, -0.2) is 65.4 Å². The first-order valence-corrected chi connectivity index (χ1v) is 10.7. The second-order valence-electron chi connectivity index (χ2n) is 8.09. The minimum absolute atomic E-state index is 0.0798. The number of imidazole rings is 1. The first kappa shape index (κ1) is 24.0.